The van der Waals surface area contributed by atoms with Crippen LogP contribution < -0.4 is 0 Å². The molecule has 1 aromatic rings. The van der Waals surface area contributed by atoms with Crippen LogP contribution in [0.4, 0.5) is 8.78 Å². The Hall–Kier alpha value is -1.18. The SMILES string of the molecule is C=C[C@H]1CC[C@H](C2CCC(CCc3ccc(F)c(F)c3)CC2)CC1. The van der Waals surface area contributed by atoms with Gasteiger partial charge in [-0.3, -0.25) is 0 Å². The molecule has 0 N–H and O–H groups in total. The maximum absolute atomic E-state index is 13.3. The van der Waals surface area contributed by atoms with Gasteiger partial charge in [0.25, 0.3) is 0 Å². The second kappa shape index (κ2) is 8.27. The van der Waals surface area contributed by atoms with Crippen molar-refractivity contribution in [3.05, 3.63) is 48.1 Å². The van der Waals surface area contributed by atoms with E-state index >= 15 is 0 Å². The summed E-state index contributed by atoms with van der Waals surface area (Å²) in [4.78, 5) is 0. The zero-order valence-electron chi connectivity index (χ0n) is 14.7. The van der Waals surface area contributed by atoms with E-state index in [0.717, 1.165) is 42.1 Å². The molecule has 0 aromatic heterocycles. The van der Waals surface area contributed by atoms with Crippen LogP contribution in [0.5, 0.6) is 0 Å². The first-order chi connectivity index (χ1) is 11.7. The highest BCUT2D eigenvalue weighted by Crippen LogP contribution is 2.42. The largest absolute Gasteiger partial charge is 0.204 e. The molecule has 2 fully saturated rings. The van der Waals surface area contributed by atoms with Crippen LogP contribution in [0.25, 0.3) is 0 Å². The van der Waals surface area contributed by atoms with Crippen molar-refractivity contribution in [1.82, 2.24) is 0 Å². The van der Waals surface area contributed by atoms with Crippen LogP contribution in [-0.4, -0.2) is 0 Å². The summed E-state index contributed by atoms with van der Waals surface area (Å²) in [5.41, 5.74) is 0.929. The first-order valence-electron chi connectivity index (χ1n) is 9.72. The van der Waals surface area contributed by atoms with Gasteiger partial charge in [-0.25, -0.2) is 8.78 Å². The van der Waals surface area contributed by atoms with E-state index in [1.54, 1.807) is 6.07 Å². The summed E-state index contributed by atoms with van der Waals surface area (Å²) in [6.45, 7) is 3.94. The molecule has 2 heteroatoms. The molecule has 0 saturated heterocycles. The zero-order chi connectivity index (χ0) is 16.9. The van der Waals surface area contributed by atoms with Gasteiger partial charge in [0.1, 0.15) is 0 Å². The maximum atomic E-state index is 13.3. The average molecular weight is 332 g/mol. The lowest BCUT2D eigenvalue weighted by Crippen LogP contribution is -2.25. The number of allylic oxidation sites excluding steroid dienone is 1. The number of hydrogen-bond acceptors (Lipinski definition) is 0. The Balaban J connectivity index is 1.40. The second-order valence-electron chi connectivity index (χ2n) is 7.98. The number of aryl methyl sites for hydroxylation is 1. The third kappa shape index (κ3) is 4.46. The molecule has 3 rings (SSSR count). The van der Waals surface area contributed by atoms with Crippen LogP contribution in [0.15, 0.2) is 30.9 Å². The predicted molar refractivity (Wildman–Crippen MR) is 95.8 cm³/mol. The number of rotatable bonds is 5. The van der Waals surface area contributed by atoms with Crippen molar-refractivity contribution in [2.45, 2.75) is 64.2 Å². The summed E-state index contributed by atoms with van der Waals surface area (Å²) < 4.78 is 26.3. The minimum atomic E-state index is -0.745. The van der Waals surface area contributed by atoms with E-state index < -0.39 is 11.6 Å². The van der Waals surface area contributed by atoms with Gasteiger partial charge in [-0.1, -0.05) is 25.0 Å². The molecule has 2 aliphatic rings. The summed E-state index contributed by atoms with van der Waals surface area (Å²) in [5, 5.41) is 0. The smallest absolute Gasteiger partial charge is 0.159 e. The molecule has 24 heavy (non-hydrogen) atoms. The quantitative estimate of drug-likeness (QED) is 0.526. The number of halogens is 2. The van der Waals surface area contributed by atoms with Gasteiger partial charge in [0.05, 0.1) is 0 Å². The summed E-state index contributed by atoms with van der Waals surface area (Å²) in [6, 6.07) is 4.34. The Bertz CT molecular complexity index is 535. The van der Waals surface area contributed by atoms with E-state index in [0.29, 0.717) is 0 Å². The molecule has 132 valence electrons. The van der Waals surface area contributed by atoms with Crippen LogP contribution in [0.2, 0.25) is 0 Å². The first-order valence-corrected chi connectivity index (χ1v) is 9.72. The first kappa shape index (κ1) is 17.6. The topological polar surface area (TPSA) is 0 Å². The minimum Gasteiger partial charge on any atom is -0.204 e. The molecule has 0 nitrogen and oxygen atoms in total. The van der Waals surface area contributed by atoms with E-state index in [1.165, 1.54) is 63.5 Å². The molecule has 0 aliphatic heterocycles. The molecule has 0 heterocycles. The lowest BCUT2D eigenvalue weighted by Gasteiger charge is -2.37. The monoisotopic (exact) mass is 332 g/mol. The van der Waals surface area contributed by atoms with E-state index in [9.17, 15) is 8.78 Å². The summed E-state index contributed by atoms with van der Waals surface area (Å²) in [5.74, 6) is 1.92. The summed E-state index contributed by atoms with van der Waals surface area (Å²) in [7, 11) is 0. The molecule has 0 spiro atoms. The standard InChI is InChI=1S/C22H30F2/c1-2-16-5-10-19(11-6-16)20-12-7-17(8-13-20)3-4-18-9-14-21(23)22(24)15-18/h2,9,14-17,19-20H,1,3-8,10-13H2/t16-,17?,19-,20?. The maximum Gasteiger partial charge on any atom is 0.159 e. The molecule has 2 saturated carbocycles. The van der Waals surface area contributed by atoms with Gasteiger partial charge < -0.3 is 0 Å². The molecule has 2 aliphatic carbocycles. The highest BCUT2D eigenvalue weighted by Gasteiger charge is 2.30. The summed E-state index contributed by atoms with van der Waals surface area (Å²) >= 11 is 0. The Morgan fingerprint density at radius 1 is 0.875 bits per heavy atom. The van der Waals surface area contributed by atoms with Crippen molar-refractivity contribution in [2.24, 2.45) is 23.7 Å². The highest BCUT2D eigenvalue weighted by atomic mass is 19.2. The van der Waals surface area contributed by atoms with E-state index in [2.05, 4.69) is 12.7 Å². The van der Waals surface area contributed by atoms with Crippen molar-refractivity contribution < 1.29 is 8.78 Å². The van der Waals surface area contributed by atoms with E-state index in [1.807, 2.05) is 0 Å². The molecule has 0 bridgehead atoms. The third-order valence-corrected chi connectivity index (χ3v) is 6.53. The van der Waals surface area contributed by atoms with Crippen LogP contribution >= 0.6 is 0 Å². The van der Waals surface area contributed by atoms with Gasteiger partial charge >= 0.3 is 0 Å². The summed E-state index contributed by atoms with van der Waals surface area (Å²) in [6.07, 6.45) is 14.9. The molecule has 0 amide bonds. The van der Waals surface area contributed by atoms with Gasteiger partial charge in [-0.05, 0) is 92.7 Å². The third-order valence-electron chi connectivity index (χ3n) is 6.53. The lowest BCUT2D eigenvalue weighted by molar-refractivity contribution is 0.153. The van der Waals surface area contributed by atoms with Crippen LogP contribution in [0, 0.1) is 35.3 Å². The minimum absolute atomic E-state index is 0.716. The van der Waals surface area contributed by atoms with Crippen molar-refractivity contribution in [3.8, 4) is 0 Å². The van der Waals surface area contributed by atoms with Gasteiger partial charge in [0.15, 0.2) is 11.6 Å². The van der Waals surface area contributed by atoms with Crippen molar-refractivity contribution >= 4 is 0 Å². The van der Waals surface area contributed by atoms with Crippen LogP contribution in [0.1, 0.15) is 63.4 Å². The fraction of sp³-hybridized carbons (Fsp3) is 0.636. The van der Waals surface area contributed by atoms with Gasteiger partial charge in [0.2, 0.25) is 0 Å². The predicted octanol–water partition coefficient (Wildman–Crippen LogP) is 6.70. The zero-order valence-corrected chi connectivity index (χ0v) is 14.7. The van der Waals surface area contributed by atoms with Crippen molar-refractivity contribution in [3.63, 3.8) is 0 Å². The van der Waals surface area contributed by atoms with Gasteiger partial charge in [0, 0.05) is 0 Å². The van der Waals surface area contributed by atoms with Gasteiger partial charge in [-0.2, -0.15) is 0 Å². The molecule has 0 unspecified atom stereocenters. The molecule has 1 aromatic carbocycles. The Morgan fingerprint density at radius 2 is 1.50 bits per heavy atom. The fourth-order valence-corrected chi connectivity index (χ4v) is 4.87. The number of benzene rings is 1. The Labute approximate surface area is 145 Å². The van der Waals surface area contributed by atoms with E-state index in [-0.39, 0.29) is 0 Å². The molecular formula is C22H30F2. The van der Waals surface area contributed by atoms with Gasteiger partial charge in [-0.15, -0.1) is 6.58 Å². The lowest BCUT2D eigenvalue weighted by atomic mass is 9.68. The van der Waals surface area contributed by atoms with Crippen molar-refractivity contribution in [2.75, 3.05) is 0 Å². The second-order valence-corrected chi connectivity index (χ2v) is 7.98. The molecule has 0 atom stereocenters. The highest BCUT2D eigenvalue weighted by molar-refractivity contribution is 5.17. The van der Waals surface area contributed by atoms with Crippen molar-refractivity contribution in [1.29, 1.82) is 0 Å². The number of hydrogen-bond donors (Lipinski definition) is 0. The van der Waals surface area contributed by atoms with E-state index in [4.69, 9.17) is 0 Å². The normalized spacial score (nSPS) is 30.9. The molecular weight excluding hydrogens is 302 g/mol. The Kier molecular flexibility index (Phi) is 6.08. The fourth-order valence-electron chi connectivity index (χ4n) is 4.87. The van der Waals surface area contributed by atoms with Crippen LogP contribution in [-0.2, 0) is 6.42 Å². The Morgan fingerprint density at radius 3 is 2.08 bits per heavy atom. The average Bonchev–Trinajstić information content (AvgIpc) is 2.63. The van der Waals surface area contributed by atoms with Crippen LogP contribution in [0.3, 0.4) is 0 Å². The molecule has 0 radical (unpaired) electrons.